The number of rotatable bonds is 3. The summed E-state index contributed by atoms with van der Waals surface area (Å²) in [6.45, 7) is 0. The van der Waals surface area contributed by atoms with Crippen molar-refractivity contribution in [1.29, 1.82) is 0 Å². The van der Waals surface area contributed by atoms with E-state index in [9.17, 15) is 14.9 Å². The molecule has 1 N–H and O–H groups in total. The molecule has 6 nitrogen and oxygen atoms in total. The Hall–Kier alpha value is -2.76. The summed E-state index contributed by atoms with van der Waals surface area (Å²) in [6.07, 6.45) is 2.74. The zero-order valence-corrected chi connectivity index (χ0v) is 9.11. The molecule has 0 saturated carbocycles. The Morgan fingerprint density at radius 3 is 2.78 bits per heavy atom. The minimum atomic E-state index is -1.10. The predicted octanol–water partition coefficient (Wildman–Crippen LogP) is 2.36. The molecule has 0 aliphatic carbocycles. The molecule has 2 rings (SSSR count). The maximum Gasteiger partial charge on any atom is 0.336 e. The molecule has 1 aromatic heterocycles. The third-order valence-corrected chi connectivity index (χ3v) is 2.42. The van der Waals surface area contributed by atoms with Gasteiger partial charge >= 0.3 is 5.97 Å². The minimum absolute atomic E-state index is 0.0606. The van der Waals surface area contributed by atoms with Gasteiger partial charge in [0.05, 0.1) is 10.5 Å². The van der Waals surface area contributed by atoms with Crippen LogP contribution in [-0.4, -0.2) is 21.0 Å². The molecule has 90 valence electrons. The van der Waals surface area contributed by atoms with Crippen LogP contribution < -0.4 is 0 Å². The largest absolute Gasteiger partial charge is 0.478 e. The number of non-ortho nitro benzene ring substituents is 1. The Morgan fingerprint density at radius 1 is 1.33 bits per heavy atom. The molecular formula is C12H8N2O4. The zero-order valence-electron chi connectivity index (χ0n) is 9.11. The van der Waals surface area contributed by atoms with Crippen molar-refractivity contribution in [2.24, 2.45) is 0 Å². The summed E-state index contributed by atoms with van der Waals surface area (Å²) in [5.74, 6) is -1.10. The van der Waals surface area contributed by atoms with Crippen molar-refractivity contribution in [1.82, 2.24) is 4.98 Å². The van der Waals surface area contributed by atoms with Gasteiger partial charge in [0.1, 0.15) is 0 Å². The maximum atomic E-state index is 11.1. The Labute approximate surface area is 102 Å². The Morgan fingerprint density at radius 2 is 2.11 bits per heavy atom. The number of nitro groups is 1. The maximum absolute atomic E-state index is 11.1. The summed E-state index contributed by atoms with van der Waals surface area (Å²) >= 11 is 0. The summed E-state index contributed by atoms with van der Waals surface area (Å²) in [4.78, 5) is 25.0. The molecule has 1 heterocycles. The van der Waals surface area contributed by atoms with Gasteiger partial charge in [0.2, 0.25) is 0 Å². The van der Waals surface area contributed by atoms with Crippen LogP contribution in [0.1, 0.15) is 10.4 Å². The van der Waals surface area contributed by atoms with Crippen molar-refractivity contribution >= 4 is 11.7 Å². The van der Waals surface area contributed by atoms with Gasteiger partial charge in [-0.2, -0.15) is 0 Å². The van der Waals surface area contributed by atoms with Crippen molar-refractivity contribution in [2.45, 2.75) is 0 Å². The lowest BCUT2D eigenvalue weighted by atomic mass is 10.0. The second kappa shape index (κ2) is 4.62. The SMILES string of the molecule is O=C(O)c1ccncc1-c1cccc([N+](=O)[O-])c1. The molecular weight excluding hydrogens is 236 g/mol. The van der Waals surface area contributed by atoms with Gasteiger partial charge in [0.25, 0.3) is 5.69 Å². The van der Waals surface area contributed by atoms with Crippen LogP contribution in [-0.2, 0) is 0 Å². The highest BCUT2D eigenvalue weighted by atomic mass is 16.6. The van der Waals surface area contributed by atoms with Gasteiger partial charge in [-0.25, -0.2) is 4.79 Å². The van der Waals surface area contributed by atoms with Crippen LogP contribution in [0.5, 0.6) is 0 Å². The number of nitro benzene ring substituents is 1. The van der Waals surface area contributed by atoms with Gasteiger partial charge in [-0.15, -0.1) is 0 Å². The van der Waals surface area contributed by atoms with Crippen LogP contribution in [0.3, 0.4) is 0 Å². The number of benzene rings is 1. The highest BCUT2D eigenvalue weighted by Crippen LogP contribution is 2.26. The molecule has 1 aromatic carbocycles. The second-order valence-corrected chi connectivity index (χ2v) is 3.53. The third kappa shape index (κ3) is 2.17. The highest BCUT2D eigenvalue weighted by Gasteiger charge is 2.13. The first kappa shape index (κ1) is 11.7. The Balaban J connectivity index is 2.58. The molecule has 0 radical (unpaired) electrons. The van der Waals surface area contributed by atoms with Gasteiger partial charge < -0.3 is 5.11 Å². The van der Waals surface area contributed by atoms with Crippen molar-refractivity contribution in [3.05, 3.63) is 58.4 Å². The smallest absolute Gasteiger partial charge is 0.336 e. The van der Waals surface area contributed by atoms with Gasteiger partial charge in [-0.3, -0.25) is 15.1 Å². The van der Waals surface area contributed by atoms with E-state index in [-0.39, 0.29) is 11.3 Å². The standard InChI is InChI=1S/C12H8N2O4/c15-12(16)10-4-5-13-7-11(10)8-2-1-3-9(6-8)14(17)18/h1-7H,(H,15,16). The number of hydrogen-bond acceptors (Lipinski definition) is 4. The lowest BCUT2D eigenvalue weighted by Gasteiger charge is -2.04. The van der Waals surface area contributed by atoms with E-state index in [0.717, 1.165) is 0 Å². The summed E-state index contributed by atoms with van der Waals surface area (Å²) in [7, 11) is 0. The monoisotopic (exact) mass is 244 g/mol. The van der Waals surface area contributed by atoms with E-state index >= 15 is 0 Å². The van der Waals surface area contributed by atoms with Gasteiger partial charge in [-0.1, -0.05) is 12.1 Å². The molecule has 6 heteroatoms. The second-order valence-electron chi connectivity index (χ2n) is 3.53. The fourth-order valence-electron chi connectivity index (χ4n) is 1.60. The molecule has 2 aromatic rings. The van der Waals surface area contributed by atoms with E-state index in [2.05, 4.69) is 4.98 Å². The van der Waals surface area contributed by atoms with Crippen LogP contribution >= 0.6 is 0 Å². The van der Waals surface area contributed by atoms with Gasteiger partial charge in [0.15, 0.2) is 0 Å². The van der Waals surface area contributed by atoms with E-state index in [1.807, 2.05) is 0 Å². The molecule has 18 heavy (non-hydrogen) atoms. The fraction of sp³-hybridized carbons (Fsp3) is 0. The minimum Gasteiger partial charge on any atom is -0.478 e. The Bertz CT molecular complexity index is 625. The summed E-state index contributed by atoms with van der Waals surface area (Å²) in [6, 6.07) is 7.14. The molecule has 0 saturated heterocycles. The molecule has 0 atom stereocenters. The van der Waals surface area contributed by atoms with Crippen LogP contribution in [0, 0.1) is 10.1 Å². The van der Waals surface area contributed by atoms with Crippen LogP contribution in [0.25, 0.3) is 11.1 Å². The molecule has 0 aliphatic heterocycles. The molecule has 0 bridgehead atoms. The molecule has 0 aliphatic rings. The lowest BCUT2D eigenvalue weighted by molar-refractivity contribution is -0.384. The van der Waals surface area contributed by atoms with E-state index in [1.54, 1.807) is 6.07 Å². The van der Waals surface area contributed by atoms with Gasteiger partial charge in [-0.05, 0) is 11.6 Å². The number of carbonyl (C=O) groups is 1. The summed E-state index contributed by atoms with van der Waals surface area (Å²) in [5.41, 5.74) is 0.779. The average Bonchev–Trinajstić information content (AvgIpc) is 2.39. The first-order valence-corrected chi connectivity index (χ1v) is 5.01. The first-order valence-electron chi connectivity index (χ1n) is 5.01. The van der Waals surface area contributed by atoms with E-state index < -0.39 is 10.9 Å². The molecule has 0 amide bonds. The van der Waals surface area contributed by atoms with E-state index in [0.29, 0.717) is 11.1 Å². The van der Waals surface area contributed by atoms with E-state index in [1.165, 1.54) is 36.7 Å². The molecule has 0 fully saturated rings. The van der Waals surface area contributed by atoms with E-state index in [4.69, 9.17) is 5.11 Å². The fourth-order valence-corrected chi connectivity index (χ4v) is 1.60. The average molecular weight is 244 g/mol. The number of carboxylic acids is 1. The number of hydrogen-bond donors (Lipinski definition) is 1. The topological polar surface area (TPSA) is 93.3 Å². The number of pyridine rings is 1. The van der Waals surface area contributed by atoms with Crippen molar-refractivity contribution in [3.63, 3.8) is 0 Å². The van der Waals surface area contributed by atoms with Crippen LogP contribution in [0.2, 0.25) is 0 Å². The van der Waals surface area contributed by atoms with Gasteiger partial charge in [0, 0.05) is 30.1 Å². The molecule has 0 unspecified atom stereocenters. The van der Waals surface area contributed by atoms with Crippen molar-refractivity contribution < 1.29 is 14.8 Å². The number of carboxylic acid groups (broad SMARTS) is 1. The summed E-state index contributed by atoms with van der Waals surface area (Å²) in [5, 5.41) is 19.7. The summed E-state index contributed by atoms with van der Waals surface area (Å²) < 4.78 is 0. The van der Waals surface area contributed by atoms with Crippen molar-refractivity contribution in [2.75, 3.05) is 0 Å². The third-order valence-electron chi connectivity index (χ3n) is 2.42. The zero-order chi connectivity index (χ0) is 13.1. The lowest BCUT2D eigenvalue weighted by Crippen LogP contribution is -2.00. The highest BCUT2D eigenvalue weighted by molar-refractivity contribution is 5.95. The number of aromatic nitrogens is 1. The van der Waals surface area contributed by atoms with Crippen LogP contribution in [0.4, 0.5) is 5.69 Å². The first-order chi connectivity index (χ1) is 8.59. The normalized spacial score (nSPS) is 10.0. The Kier molecular flexibility index (Phi) is 3.01. The van der Waals surface area contributed by atoms with Crippen molar-refractivity contribution in [3.8, 4) is 11.1 Å². The quantitative estimate of drug-likeness (QED) is 0.660. The number of aromatic carboxylic acids is 1. The van der Waals surface area contributed by atoms with Crippen LogP contribution in [0.15, 0.2) is 42.7 Å². The number of nitrogens with zero attached hydrogens (tertiary/aromatic N) is 2. The predicted molar refractivity (Wildman–Crippen MR) is 63.3 cm³/mol. The molecule has 0 spiro atoms.